The summed E-state index contributed by atoms with van der Waals surface area (Å²) in [7, 11) is 0. The molecule has 7 aromatic rings. The van der Waals surface area contributed by atoms with Gasteiger partial charge in [0.25, 0.3) is 6.71 Å². The molecule has 2 saturated carbocycles. The number of rotatable bonds is 5. The minimum Gasteiger partial charge on any atom is -0.468 e. The van der Waals surface area contributed by atoms with Gasteiger partial charge in [0.2, 0.25) is 0 Å². The van der Waals surface area contributed by atoms with Crippen LogP contribution in [0.5, 0.6) is 0 Å². The first kappa shape index (κ1) is 52.6. The number of furan rings is 1. The molecule has 0 saturated heterocycles. The number of benzene rings is 6. The van der Waals surface area contributed by atoms with Crippen molar-refractivity contribution in [2.24, 2.45) is 17.8 Å². The van der Waals surface area contributed by atoms with E-state index < -0.39 is 0 Å². The van der Waals surface area contributed by atoms with E-state index in [1.54, 1.807) is 5.56 Å². The van der Waals surface area contributed by atoms with E-state index in [-0.39, 0.29) is 50.0 Å². The SMILES string of the molecule is CCC1CC2(c3cc4c5c(c3)N(c3ccc(C(C)(C)C)cc3)c3c(oc6cc7c(cc36)C(C)(C)CCC7(C)C)B5c3cc5c(cc3N4c3cc4c(cc3-c3ccccc3)C(C)(C)CCC4(C)C)C(C)(C)CCC5(C)C)CC(C)CC12. The topological polar surface area (TPSA) is 19.6 Å². The minimum absolute atomic E-state index is 0.00200. The Balaban J connectivity index is 1.17. The molecule has 7 aliphatic rings. The Morgan fingerprint density at radius 1 is 0.550 bits per heavy atom. The number of hydrogen-bond donors (Lipinski definition) is 0. The van der Waals surface area contributed by atoms with Gasteiger partial charge in [-0.15, -0.1) is 0 Å². The molecular weight excluding hydrogens is 968 g/mol. The van der Waals surface area contributed by atoms with E-state index in [1.165, 1.54) is 133 Å². The number of fused-ring (bicyclic) bond motifs is 10. The maximum Gasteiger partial charge on any atom is 0.297 e. The Labute approximate surface area is 481 Å². The number of hydrogen-bond acceptors (Lipinski definition) is 3. The molecule has 6 aromatic carbocycles. The lowest BCUT2D eigenvalue weighted by atomic mass is 9.35. The summed E-state index contributed by atoms with van der Waals surface area (Å²) in [4.78, 5) is 5.58. The highest BCUT2D eigenvalue weighted by atomic mass is 16.3. The summed E-state index contributed by atoms with van der Waals surface area (Å²) in [5.74, 6) is 2.13. The van der Waals surface area contributed by atoms with Crippen LogP contribution in [0.2, 0.25) is 0 Å². The quantitative estimate of drug-likeness (QED) is 0.160. The van der Waals surface area contributed by atoms with Crippen molar-refractivity contribution < 1.29 is 4.42 Å². The fourth-order valence-electron chi connectivity index (χ4n) is 17.9. The highest BCUT2D eigenvalue weighted by Gasteiger charge is 2.59. The van der Waals surface area contributed by atoms with Gasteiger partial charge < -0.3 is 14.2 Å². The molecular formula is C76H91BN2O. The first-order valence-corrected chi connectivity index (χ1v) is 31.5. The van der Waals surface area contributed by atoms with Crippen LogP contribution in [0.25, 0.3) is 22.1 Å². The van der Waals surface area contributed by atoms with E-state index in [4.69, 9.17) is 4.42 Å². The van der Waals surface area contributed by atoms with Gasteiger partial charge in [0.15, 0.2) is 0 Å². The van der Waals surface area contributed by atoms with Crippen LogP contribution in [0.15, 0.2) is 108 Å². The average molecular weight is 1060 g/mol. The van der Waals surface area contributed by atoms with Crippen molar-refractivity contribution in [2.75, 3.05) is 9.80 Å². The summed E-state index contributed by atoms with van der Waals surface area (Å²) in [6.07, 6.45) is 12.1. The van der Waals surface area contributed by atoms with E-state index in [1.807, 2.05) is 0 Å². The van der Waals surface area contributed by atoms with Crippen molar-refractivity contribution >= 4 is 68.4 Å². The smallest absolute Gasteiger partial charge is 0.297 e. The van der Waals surface area contributed by atoms with Crippen molar-refractivity contribution in [3.05, 3.63) is 148 Å². The van der Waals surface area contributed by atoms with E-state index in [0.29, 0.717) is 11.8 Å². The molecule has 5 aliphatic carbocycles. The van der Waals surface area contributed by atoms with Gasteiger partial charge in [0.05, 0.1) is 17.0 Å². The van der Waals surface area contributed by atoms with Crippen molar-refractivity contribution in [1.82, 2.24) is 0 Å². The van der Waals surface area contributed by atoms with Crippen LogP contribution in [-0.2, 0) is 43.3 Å². The third-order valence-corrected chi connectivity index (χ3v) is 23.3. The zero-order valence-electron chi connectivity index (χ0n) is 52.0. The first-order chi connectivity index (χ1) is 37.6. The Hall–Kier alpha value is -5.48. The van der Waals surface area contributed by atoms with Crippen molar-refractivity contribution in [3.8, 4) is 11.1 Å². The second kappa shape index (κ2) is 16.8. The molecule has 2 aliphatic heterocycles. The van der Waals surface area contributed by atoms with Crippen molar-refractivity contribution in [3.63, 3.8) is 0 Å². The van der Waals surface area contributed by atoms with Gasteiger partial charge in [-0.25, -0.2) is 0 Å². The van der Waals surface area contributed by atoms with E-state index in [9.17, 15) is 0 Å². The predicted molar refractivity (Wildman–Crippen MR) is 342 cm³/mol. The van der Waals surface area contributed by atoms with Gasteiger partial charge in [-0.05, 0) is 234 Å². The molecule has 1 aromatic heterocycles. The zero-order valence-corrected chi connectivity index (χ0v) is 52.0. The van der Waals surface area contributed by atoms with Crippen LogP contribution in [0.3, 0.4) is 0 Å². The van der Waals surface area contributed by atoms with Gasteiger partial charge in [0, 0.05) is 33.7 Å². The summed E-state index contributed by atoms with van der Waals surface area (Å²) >= 11 is 0. The zero-order chi connectivity index (χ0) is 56.4. The molecule has 0 spiro atoms. The normalized spacial score (nSPS) is 25.6. The Morgan fingerprint density at radius 3 is 1.62 bits per heavy atom. The molecule has 0 bridgehead atoms. The van der Waals surface area contributed by atoms with Gasteiger partial charge in [-0.2, -0.15) is 0 Å². The predicted octanol–water partition coefficient (Wildman–Crippen LogP) is 19.2. The lowest BCUT2D eigenvalue weighted by Gasteiger charge is -2.53. The third-order valence-electron chi connectivity index (χ3n) is 23.3. The number of anilines is 6. The second-order valence-electron chi connectivity index (χ2n) is 32.3. The Bertz CT molecular complexity index is 3720. The maximum absolute atomic E-state index is 7.91. The van der Waals surface area contributed by atoms with Gasteiger partial charge in [0.1, 0.15) is 5.58 Å². The van der Waals surface area contributed by atoms with Gasteiger partial charge >= 0.3 is 0 Å². The molecule has 0 amide bonds. The standard InChI is InChI=1S/C76H91BN2O/c1-18-46-44-76(43-45(2)34-53(46)76)49-35-63-66-64(36-49)79(61-40-57-54(70(6,7)28-31-73(57,12)13)37-51(61)47-22-20-19-21-23-47)62-41-58-56(72(10,11)30-32-74(58,14)15)39-60(62)77(66)68-67(78(63)50-26-24-48(25-27-50)69(3,4)5)52-38-55-59(42-65(52)80-68)75(16,17)33-29-71(55,8)9/h19-27,35-42,45-46,53H,18,28-34,43-44H2,1-17H3. The monoisotopic (exact) mass is 1060 g/mol. The van der Waals surface area contributed by atoms with Crippen LogP contribution in [-0.4, -0.2) is 6.71 Å². The van der Waals surface area contributed by atoms with Gasteiger partial charge in [-0.1, -0.05) is 173 Å². The van der Waals surface area contributed by atoms with Crippen LogP contribution in [0.4, 0.5) is 34.1 Å². The Morgan fingerprint density at radius 2 is 1.06 bits per heavy atom. The molecule has 14 rings (SSSR count). The average Bonchev–Trinajstić information content (AvgIpc) is 3.99. The van der Waals surface area contributed by atoms with Crippen molar-refractivity contribution in [2.45, 2.75) is 225 Å². The Kier molecular flexibility index (Phi) is 11.1. The molecule has 0 N–H and O–H groups in total. The van der Waals surface area contributed by atoms with E-state index in [0.717, 1.165) is 49.3 Å². The largest absolute Gasteiger partial charge is 0.468 e. The lowest BCUT2D eigenvalue weighted by Crippen LogP contribution is -2.61. The molecule has 4 atom stereocenters. The van der Waals surface area contributed by atoms with Crippen molar-refractivity contribution in [1.29, 1.82) is 0 Å². The van der Waals surface area contributed by atoms with E-state index in [2.05, 4.69) is 231 Å². The van der Waals surface area contributed by atoms with E-state index >= 15 is 0 Å². The van der Waals surface area contributed by atoms with Crippen LogP contribution >= 0.6 is 0 Å². The highest BCUT2D eigenvalue weighted by Crippen LogP contribution is 2.66. The second-order valence-corrected chi connectivity index (χ2v) is 32.3. The summed E-state index contributed by atoms with van der Waals surface area (Å²) in [5, 5.41) is 1.25. The molecule has 80 heavy (non-hydrogen) atoms. The summed E-state index contributed by atoms with van der Waals surface area (Å²) < 4.78 is 7.91. The van der Waals surface area contributed by atoms with Crippen LogP contribution in [0, 0.1) is 17.8 Å². The molecule has 4 heteroatoms. The van der Waals surface area contributed by atoms with Gasteiger partial charge in [-0.3, -0.25) is 0 Å². The first-order valence-electron chi connectivity index (χ1n) is 31.5. The molecule has 4 unspecified atom stereocenters. The number of nitrogens with zero attached hydrogens (tertiary/aromatic N) is 2. The molecule has 3 heterocycles. The third kappa shape index (κ3) is 7.43. The fraction of sp³-hybridized carbons (Fsp3) is 0.500. The molecule has 414 valence electrons. The minimum atomic E-state index is -0.134. The fourth-order valence-corrected chi connectivity index (χ4v) is 17.9. The highest BCUT2D eigenvalue weighted by molar-refractivity contribution is 7.00. The summed E-state index contributed by atoms with van der Waals surface area (Å²) in [5.41, 5.74) is 27.3. The molecule has 3 nitrogen and oxygen atoms in total. The summed E-state index contributed by atoms with van der Waals surface area (Å²) in [6, 6.07) is 42.6. The van der Waals surface area contributed by atoms with Crippen LogP contribution < -0.4 is 26.4 Å². The van der Waals surface area contributed by atoms with Crippen LogP contribution in [0.1, 0.15) is 226 Å². The molecule has 0 radical (unpaired) electrons. The lowest BCUT2D eigenvalue weighted by molar-refractivity contribution is 0.0568. The summed E-state index contributed by atoms with van der Waals surface area (Å²) in [6.45, 7) is 42.0. The maximum atomic E-state index is 7.91. The molecule has 2 fully saturated rings.